The summed E-state index contributed by atoms with van der Waals surface area (Å²) in [5.74, 6) is -0.870. The van der Waals surface area contributed by atoms with Crippen molar-refractivity contribution in [2.24, 2.45) is 0 Å². The first-order valence-corrected chi connectivity index (χ1v) is 8.76. The molecule has 23 heavy (non-hydrogen) atoms. The van der Waals surface area contributed by atoms with Crippen molar-refractivity contribution < 1.29 is 19.1 Å². The van der Waals surface area contributed by atoms with E-state index in [1.165, 1.54) is 25.7 Å². The summed E-state index contributed by atoms with van der Waals surface area (Å²) < 4.78 is 4.76. The minimum atomic E-state index is -0.578. The molecule has 1 heterocycles. The smallest absolute Gasteiger partial charge is 0.328 e. The molecule has 5 nitrogen and oxygen atoms in total. The number of carbonyl (C=O) groups excluding carboxylic acids is 3. The van der Waals surface area contributed by atoms with Crippen LogP contribution < -0.4 is 5.32 Å². The monoisotopic (exact) mass is 323 g/mol. The number of carbonyl (C=O) groups is 3. The Balaban J connectivity index is 2.02. The molecule has 1 fully saturated rings. The molecule has 0 unspecified atom stereocenters. The summed E-state index contributed by atoms with van der Waals surface area (Å²) >= 11 is 0. The van der Waals surface area contributed by atoms with Crippen LogP contribution in [0, 0.1) is 0 Å². The molecule has 1 N–H and O–H groups in total. The van der Waals surface area contributed by atoms with Gasteiger partial charge in [0.05, 0.1) is 13.0 Å². The van der Waals surface area contributed by atoms with Crippen molar-refractivity contribution >= 4 is 17.7 Å². The Labute approximate surface area is 138 Å². The third kappa shape index (κ3) is 9.16. The number of allylic oxidation sites excluding steroid dienone is 2. The molecular weight excluding hydrogens is 294 g/mol. The molecule has 1 rings (SSSR count). The van der Waals surface area contributed by atoms with Gasteiger partial charge in [-0.05, 0) is 25.7 Å². The number of unbranched alkanes of at least 4 members (excludes halogenated alkanes) is 5. The van der Waals surface area contributed by atoms with E-state index in [2.05, 4.69) is 24.4 Å². The lowest BCUT2D eigenvalue weighted by Crippen LogP contribution is -2.38. The molecule has 0 aromatic carbocycles. The fraction of sp³-hybridized carbons (Fsp3) is 0.722. The van der Waals surface area contributed by atoms with Crippen molar-refractivity contribution in [1.29, 1.82) is 0 Å². The Kier molecular flexibility index (Phi) is 10.00. The highest BCUT2D eigenvalue weighted by molar-refractivity contribution is 5.99. The molecule has 1 amide bonds. The number of Topliss-reactive ketones (excluding diaryl/α,β-unsaturated/α-hetero) is 1. The molecule has 5 heteroatoms. The van der Waals surface area contributed by atoms with E-state index in [0.717, 1.165) is 19.3 Å². The van der Waals surface area contributed by atoms with Crippen LogP contribution in [-0.2, 0) is 19.1 Å². The Morgan fingerprint density at radius 3 is 2.57 bits per heavy atom. The largest absolute Gasteiger partial charge is 0.464 e. The lowest BCUT2D eigenvalue weighted by atomic mass is 10.1. The Morgan fingerprint density at radius 2 is 1.91 bits per heavy atom. The van der Waals surface area contributed by atoms with Crippen LogP contribution in [0.1, 0.15) is 71.1 Å². The second-order valence-electron chi connectivity index (χ2n) is 6.00. The Hall–Kier alpha value is -1.65. The lowest BCUT2D eigenvalue weighted by molar-refractivity contribution is -0.142. The lowest BCUT2D eigenvalue weighted by Gasteiger charge is -2.07. The van der Waals surface area contributed by atoms with Gasteiger partial charge in [-0.15, -0.1) is 0 Å². The molecule has 0 aromatic heterocycles. The number of rotatable bonds is 12. The van der Waals surface area contributed by atoms with E-state index in [0.29, 0.717) is 19.4 Å². The zero-order valence-corrected chi connectivity index (χ0v) is 14.1. The van der Waals surface area contributed by atoms with Gasteiger partial charge in [0.1, 0.15) is 11.8 Å². The van der Waals surface area contributed by atoms with Crippen molar-refractivity contribution in [2.45, 2.75) is 77.2 Å². The minimum Gasteiger partial charge on any atom is -0.464 e. The molecular formula is C18H29NO4. The van der Waals surface area contributed by atoms with Crippen LogP contribution in [0.4, 0.5) is 0 Å². The summed E-state index contributed by atoms with van der Waals surface area (Å²) in [5, 5.41) is 2.55. The molecule has 0 bridgehead atoms. The van der Waals surface area contributed by atoms with Crippen molar-refractivity contribution in [3.8, 4) is 0 Å². The zero-order chi connectivity index (χ0) is 16.9. The first kappa shape index (κ1) is 19.4. The fourth-order valence-electron chi connectivity index (χ4n) is 2.48. The minimum absolute atomic E-state index is 0.0785. The summed E-state index contributed by atoms with van der Waals surface area (Å²) in [4.78, 5) is 34.6. The van der Waals surface area contributed by atoms with Gasteiger partial charge in [-0.1, -0.05) is 38.3 Å². The van der Waals surface area contributed by atoms with Gasteiger partial charge in [0, 0.05) is 12.8 Å². The summed E-state index contributed by atoms with van der Waals surface area (Å²) in [6.07, 6.45) is 12.8. The molecule has 0 aliphatic carbocycles. The predicted molar refractivity (Wildman–Crippen MR) is 88.9 cm³/mol. The van der Waals surface area contributed by atoms with Gasteiger partial charge in [-0.25, -0.2) is 4.79 Å². The number of nitrogens with one attached hydrogen (secondary N) is 1. The van der Waals surface area contributed by atoms with Gasteiger partial charge in [0.2, 0.25) is 5.91 Å². The third-order valence-electron chi connectivity index (χ3n) is 3.85. The van der Waals surface area contributed by atoms with Crippen LogP contribution in [-0.4, -0.2) is 30.3 Å². The fourth-order valence-corrected chi connectivity index (χ4v) is 2.48. The van der Waals surface area contributed by atoms with Crippen molar-refractivity contribution in [3.05, 3.63) is 12.2 Å². The van der Waals surface area contributed by atoms with Crippen LogP contribution in [0.25, 0.3) is 0 Å². The van der Waals surface area contributed by atoms with Crippen LogP contribution in [0.2, 0.25) is 0 Å². The number of amides is 1. The highest BCUT2D eigenvalue weighted by Crippen LogP contribution is 2.07. The maximum Gasteiger partial charge on any atom is 0.328 e. The summed E-state index contributed by atoms with van der Waals surface area (Å²) in [5.41, 5.74) is 0. The number of esters is 1. The zero-order valence-electron chi connectivity index (χ0n) is 14.1. The highest BCUT2D eigenvalue weighted by atomic mass is 16.5. The number of hydrogen-bond donors (Lipinski definition) is 1. The van der Waals surface area contributed by atoms with E-state index in [9.17, 15) is 14.4 Å². The van der Waals surface area contributed by atoms with E-state index >= 15 is 0 Å². The van der Waals surface area contributed by atoms with E-state index in [4.69, 9.17) is 4.74 Å². The van der Waals surface area contributed by atoms with Gasteiger partial charge < -0.3 is 10.1 Å². The Morgan fingerprint density at radius 1 is 1.17 bits per heavy atom. The second-order valence-corrected chi connectivity index (χ2v) is 6.00. The Bertz CT molecular complexity index is 417. The first-order valence-electron chi connectivity index (χ1n) is 8.76. The molecule has 1 atom stereocenters. The summed E-state index contributed by atoms with van der Waals surface area (Å²) in [6.45, 7) is 2.54. The third-order valence-corrected chi connectivity index (χ3v) is 3.85. The number of ketones is 1. The molecule has 130 valence electrons. The van der Waals surface area contributed by atoms with Crippen LogP contribution >= 0.6 is 0 Å². The van der Waals surface area contributed by atoms with Crippen molar-refractivity contribution in [3.63, 3.8) is 0 Å². The summed E-state index contributed by atoms with van der Waals surface area (Å²) in [6, 6.07) is -0.578. The topological polar surface area (TPSA) is 72.5 Å². The van der Waals surface area contributed by atoms with Gasteiger partial charge in [-0.3, -0.25) is 9.59 Å². The van der Waals surface area contributed by atoms with Crippen molar-refractivity contribution in [2.75, 3.05) is 6.61 Å². The number of ether oxygens (including phenoxy) is 1. The average Bonchev–Trinajstić information content (AvgIpc) is 2.90. The maximum atomic E-state index is 11.7. The van der Waals surface area contributed by atoms with Crippen LogP contribution in [0.5, 0.6) is 0 Å². The highest BCUT2D eigenvalue weighted by Gasteiger charge is 2.28. The SMILES string of the molecule is CCCCCC/C=C\CCCC(=O)CC(=O)N[C@H]1CCOC1=O. The number of hydrogen-bond acceptors (Lipinski definition) is 4. The standard InChI is InChI=1S/C18H29NO4/c1-2-3-4-5-6-7-8-9-10-11-15(20)14-17(21)19-16-12-13-23-18(16)22/h7-8,16H,2-6,9-14H2,1H3,(H,19,21)/b8-7-/t16-/m0/s1. The predicted octanol–water partition coefficient (Wildman–Crippen LogP) is 3.07. The molecule has 1 saturated heterocycles. The molecule has 0 radical (unpaired) electrons. The van der Waals surface area contributed by atoms with Gasteiger partial charge in [0.25, 0.3) is 0 Å². The molecule has 0 saturated carbocycles. The van der Waals surface area contributed by atoms with E-state index < -0.39 is 12.0 Å². The molecule has 0 spiro atoms. The van der Waals surface area contributed by atoms with Gasteiger partial charge >= 0.3 is 5.97 Å². The molecule has 1 aliphatic rings. The molecule has 0 aromatic rings. The van der Waals surface area contributed by atoms with Gasteiger partial charge in [-0.2, -0.15) is 0 Å². The average molecular weight is 323 g/mol. The van der Waals surface area contributed by atoms with E-state index in [-0.39, 0.29) is 18.1 Å². The van der Waals surface area contributed by atoms with E-state index in [1.807, 2.05) is 0 Å². The quantitative estimate of drug-likeness (QED) is 0.259. The molecule has 1 aliphatic heterocycles. The first-order chi connectivity index (χ1) is 11.1. The maximum absolute atomic E-state index is 11.7. The normalized spacial score (nSPS) is 17.4. The van der Waals surface area contributed by atoms with Crippen LogP contribution in [0.3, 0.4) is 0 Å². The van der Waals surface area contributed by atoms with E-state index in [1.54, 1.807) is 0 Å². The van der Waals surface area contributed by atoms with Crippen LogP contribution in [0.15, 0.2) is 12.2 Å². The van der Waals surface area contributed by atoms with Gasteiger partial charge in [0.15, 0.2) is 0 Å². The second kappa shape index (κ2) is 11.9. The number of cyclic esters (lactones) is 1. The summed E-state index contributed by atoms with van der Waals surface area (Å²) in [7, 11) is 0. The van der Waals surface area contributed by atoms with Crippen molar-refractivity contribution in [1.82, 2.24) is 5.32 Å².